The van der Waals surface area contributed by atoms with Crippen LogP contribution in [0.3, 0.4) is 0 Å². The monoisotopic (exact) mass is 527 g/mol. The summed E-state index contributed by atoms with van der Waals surface area (Å²) >= 11 is 13.2. The fourth-order valence-electron chi connectivity index (χ4n) is 2.98. The maximum absolute atomic E-state index is 12.3. The second-order valence-electron chi connectivity index (χ2n) is 7.20. The number of nitrogens with zero attached hydrogens (tertiary/aromatic N) is 2. The van der Waals surface area contributed by atoms with Gasteiger partial charge in [0.15, 0.2) is 5.17 Å². The van der Waals surface area contributed by atoms with Crippen LogP contribution in [0.2, 0.25) is 10.0 Å². The molecule has 3 aromatic carbocycles. The van der Waals surface area contributed by atoms with Crippen LogP contribution in [-0.4, -0.2) is 21.9 Å². The predicted molar refractivity (Wildman–Crippen MR) is 136 cm³/mol. The van der Waals surface area contributed by atoms with Gasteiger partial charge in [0.25, 0.3) is 17.5 Å². The molecule has 1 saturated heterocycles. The van der Waals surface area contributed by atoms with Crippen LogP contribution >= 0.6 is 35.0 Å². The average molecular weight is 528 g/mol. The Balaban J connectivity index is 1.41. The first kappa shape index (κ1) is 24.5. The number of amides is 2. The number of benzene rings is 3. The second-order valence-corrected chi connectivity index (χ2v) is 9.07. The quantitative estimate of drug-likeness (QED) is 0.243. The first-order valence-corrected chi connectivity index (χ1v) is 11.6. The fraction of sp³-hybridized carbons (Fsp3) is 0.0417. The molecular weight excluding hydrogens is 513 g/mol. The number of nitrogens with one attached hydrogen (secondary N) is 1. The lowest BCUT2D eigenvalue weighted by Gasteiger charge is -2.09. The molecule has 0 radical (unpaired) electrons. The molecule has 0 aliphatic carbocycles. The van der Waals surface area contributed by atoms with E-state index in [1.54, 1.807) is 60.7 Å². The van der Waals surface area contributed by atoms with E-state index in [1.807, 2.05) is 0 Å². The van der Waals surface area contributed by atoms with Gasteiger partial charge in [-0.15, -0.1) is 0 Å². The van der Waals surface area contributed by atoms with Gasteiger partial charge < -0.3 is 10.1 Å². The Morgan fingerprint density at radius 3 is 2.46 bits per heavy atom. The van der Waals surface area contributed by atoms with Gasteiger partial charge >= 0.3 is 0 Å². The highest BCUT2D eigenvalue weighted by Crippen LogP contribution is 2.31. The number of hydrogen-bond acceptors (Lipinski definition) is 6. The Bertz CT molecular complexity index is 1370. The van der Waals surface area contributed by atoms with Gasteiger partial charge in [-0.3, -0.25) is 19.7 Å². The summed E-state index contributed by atoms with van der Waals surface area (Å²) in [7, 11) is 0. The van der Waals surface area contributed by atoms with Crippen LogP contribution in [-0.2, 0) is 11.4 Å². The summed E-state index contributed by atoms with van der Waals surface area (Å²) in [4.78, 5) is 39.2. The molecule has 1 fully saturated rings. The largest absolute Gasteiger partial charge is 0.487 e. The maximum Gasteiger partial charge on any atom is 0.279 e. The number of carbonyl (C=O) groups excluding carboxylic acids is 2. The van der Waals surface area contributed by atoms with Gasteiger partial charge in [-0.2, -0.15) is 4.99 Å². The number of nitro benzene ring substituents is 1. The topological polar surface area (TPSA) is 111 Å². The van der Waals surface area contributed by atoms with Crippen molar-refractivity contribution in [1.82, 2.24) is 5.32 Å². The van der Waals surface area contributed by atoms with E-state index in [1.165, 1.54) is 12.1 Å². The number of amidine groups is 1. The summed E-state index contributed by atoms with van der Waals surface area (Å²) in [6.07, 6.45) is 1.63. The Morgan fingerprint density at radius 2 is 1.80 bits per heavy atom. The third-order valence-electron chi connectivity index (χ3n) is 4.74. The van der Waals surface area contributed by atoms with Crippen LogP contribution in [0.4, 0.5) is 5.69 Å². The van der Waals surface area contributed by atoms with Crippen molar-refractivity contribution in [2.45, 2.75) is 6.61 Å². The van der Waals surface area contributed by atoms with E-state index in [-0.39, 0.29) is 23.4 Å². The van der Waals surface area contributed by atoms with Crippen LogP contribution in [0, 0.1) is 10.1 Å². The lowest BCUT2D eigenvalue weighted by atomic mass is 10.2. The molecule has 4 rings (SSSR count). The minimum absolute atomic E-state index is 0.000500. The summed E-state index contributed by atoms with van der Waals surface area (Å²) in [5.74, 6) is -0.456. The standard InChI is InChI=1S/C24H15Cl2N3O5S/c25-17-6-4-16(5-7-17)22(30)27-24-28-23(31)21(35-24)12-15-3-10-20(19(26)11-15)34-13-14-1-8-18(9-2-14)29(32)33/h1-12H,13H2,(H,27,28,30,31)/b21-12-. The number of halogens is 2. The van der Waals surface area contributed by atoms with Crippen molar-refractivity contribution in [2.75, 3.05) is 0 Å². The normalized spacial score (nSPS) is 15.3. The zero-order chi connectivity index (χ0) is 24.9. The minimum atomic E-state index is -0.497. The Kier molecular flexibility index (Phi) is 7.50. The molecule has 3 aromatic rings. The molecule has 0 saturated carbocycles. The lowest BCUT2D eigenvalue weighted by Crippen LogP contribution is -2.20. The number of carbonyl (C=O) groups is 2. The molecule has 0 spiro atoms. The number of thioether (sulfide) groups is 1. The van der Waals surface area contributed by atoms with Gasteiger partial charge in [0.2, 0.25) is 0 Å². The van der Waals surface area contributed by atoms with E-state index in [4.69, 9.17) is 27.9 Å². The number of ether oxygens (including phenoxy) is 1. The third kappa shape index (κ3) is 6.27. The van der Waals surface area contributed by atoms with Crippen molar-refractivity contribution in [3.63, 3.8) is 0 Å². The molecule has 0 bridgehead atoms. The van der Waals surface area contributed by atoms with Gasteiger partial charge in [-0.25, -0.2) is 0 Å². The molecule has 1 heterocycles. The molecule has 35 heavy (non-hydrogen) atoms. The molecule has 8 nitrogen and oxygen atoms in total. The SMILES string of the molecule is O=C1NC(=NC(=O)c2ccc(Cl)cc2)S/C1=C\c1ccc(OCc2ccc([N+](=O)[O-])cc2)c(Cl)c1. The second kappa shape index (κ2) is 10.7. The lowest BCUT2D eigenvalue weighted by molar-refractivity contribution is -0.384. The molecule has 0 atom stereocenters. The molecule has 11 heteroatoms. The Labute approximate surface area is 213 Å². The molecule has 1 aliphatic rings. The molecule has 1 aliphatic heterocycles. The number of hydrogen-bond donors (Lipinski definition) is 1. The summed E-state index contributed by atoms with van der Waals surface area (Å²) in [5.41, 5.74) is 1.75. The van der Waals surface area contributed by atoms with Crippen molar-refractivity contribution in [3.8, 4) is 5.75 Å². The van der Waals surface area contributed by atoms with Crippen LogP contribution in [0.5, 0.6) is 5.75 Å². The summed E-state index contributed by atoms with van der Waals surface area (Å²) in [6, 6.07) is 17.3. The fourth-order valence-corrected chi connectivity index (χ4v) is 4.17. The van der Waals surface area contributed by atoms with Crippen molar-refractivity contribution in [3.05, 3.63) is 108 Å². The zero-order valence-electron chi connectivity index (χ0n) is 17.7. The van der Waals surface area contributed by atoms with Crippen LogP contribution in [0.15, 0.2) is 76.6 Å². The Hall–Kier alpha value is -3.66. The van der Waals surface area contributed by atoms with E-state index >= 15 is 0 Å². The van der Waals surface area contributed by atoms with Gasteiger partial charge in [-0.05, 0) is 77.5 Å². The molecule has 1 N–H and O–H groups in total. The van der Waals surface area contributed by atoms with Crippen molar-refractivity contribution in [2.24, 2.45) is 4.99 Å². The Morgan fingerprint density at radius 1 is 1.09 bits per heavy atom. The molecular formula is C24H15Cl2N3O5S. The number of aliphatic imine (C=N–C) groups is 1. The minimum Gasteiger partial charge on any atom is -0.487 e. The van der Waals surface area contributed by atoms with Crippen LogP contribution in [0.25, 0.3) is 6.08 Å². The van der Waals surface area contributed by atoms with Gasteiger partial charge in [0.05, 0.1) is 14.9 Å². The molecule has 0 aromatic heterocycles. The van der Waals surface area contributed by atoms with Crippen molar-refractivity contribution in [1.29, 1.82) is 0 Å². The summed E-state index contributed by atoms with van der Waals surface area (Å²) in [6.45, 7) is 0.178. The smallest absolute Gasteiger partial charge is 0.279 e. The summed E-state index contributed by atoms with van der Waals surface area (Å²) < 4.78 is 5.71. The number of nitro groups is 1. The first-order chi connectivity index (χ1) is 16.8. The first-order valence-electron chi connectivity index (χ1n) is 10.0. The highest BCUT2D eigenvalue weighted by atomic mass is 35.5. The zero-order valence-corrected chi connectivity index (χ0v) is 20.1. The predicted octanol–water partition coefficient (Wildman–Crippen LogP) is 5.88. The van der Waals surface area contributed by atoms with Crippen molar-refractivity contribution < 1.29 is 19.2 Å². The van der Waals surface area contributed by atoms with Gasteiger partial charge in [0.1, 0.15) is 12.4 Å². The molecule has 0 unspecified atom stereocenters. The van der Waals surface area contributed by atoms with Crippen molar-refractivity contribution >= 4 is 63.7 Å². The van der Waals surface area contributed by atoms with Crippen LogP contribution in [0.1, 0.15) is 21.5 Å². The van der Waals surface area contributed by atoms with E-state index in [0.717, 1.165) is 17.3 Å². The van der Waals surface area contributed by atoms with Crippen LogP contribution < -0.4 is 10.1 Å². The summed E-state index contributed by atoms with van der Waals surface area (Å²) in [5, 5.41) is 14.3. The molecule has 2 amide bonds. The third-order valence-corrected chi connectivity index (χ3v) is 6.20. The van der Waals surface area contributed by atoms with E-state index in [9.17, 15) is 19.7 Å². The van der Waals surface area contributed by atoms with E-state index in [0.29, 0.717) is 31.8 Å². The van der Waals surface area contributed by atoms with Gasteiger partial charge in [0, 0.05) is 22.7 Å². The van der Waals surface area contributed by atoms with Gasteiger partial charge in [-0.1, -0.05) is 29.3 Å². The van der Waals surface area contributed by atoms with E-state index in [2.05, 4.69) is 10.3 Å². The highest BCUT2D eigenvalue weighted by Gasteiger charge is 2.25. The maximum atomic E-state index is 12.3. The van der Waals surface area contributed by atoms with E-state index < -0.39 is 10.8 Å². The molecule has 176 valence electrons. The average Bonchev–Trinajstić information content (AvgIpc) is 3.17. The highest BCUT2D eigenvalue weighted by molar-refractivity contribution is 8.18. The number of rotatable bonds is 6. The number of non-ortho nitro benzene ring substituents is 1.